The number of amides is 1. The van der Waals surface area contributed by atoms with E-state index in [2.05, 4.69) is 5.32 Å². The van der Waals surface area contributed by atoms with Crippen molar-refractivity contribution in [2.24, 2.45) is 0 Å². The van der Waals surface area contributed by atoms with E-state index in [1.807, 2.05) is 47.8 Å². The Morgan fingerprint density at radius 3 is 2.42 bits per heavy atom. The maximum Gasteiger partial charge on any atom is 0.257 e. The molecule has 120 valence electrons. The Morgan fingerprint density at radius 1 is 1.00 bits per heavy atom. The van der Waals surface area contributed by atoms with Gasteiger partial charge in [-0.15, -0.1) is 11.3 Å². The van der Waals surface area contributed by atoms with Crippen LogP contribution in [-0.2, 0) is 4.79 Å². The molecule has 3 rings (SSSR count). The van der Waals surface area contributed by atoms with Crippen molar-refractivity contribution in [3.05, 3.63) is 88.2 Å². The largest absolute Gasteiger partial charge is 0.322 e. The highest BCUT2D eigenvalue weighted by atomic mass is 32.2. The average Bonchev–Trinajstić information content (AvgIpc) is 3.12. The summed E-state index contributed by atoms with van der Waals surface area (Å²) in [5, 5.41) is 6.64. The lowest BCUT2D eigenvalue weighted by Gasteiger charge is -2.08. The lowest BCUT2D eigenvalue weighted by molar-refractivity contribution is -0.111. The number of carbonyl (C=O) groups is 1. The van der Waals surface area contributed by atoms with Gasteiger partial charge >= 0.3 is 0 Å². The summed E-state index contributed by atoms with van der Waals surface area (Å²) < 4.78 is 13.0. The summed E-state index contributed by atoms with van der Waals surface area (Å²) in [7, 11) is 0. The molecule has 1 aromatic heterocycles. The van der Waals surface area contributed by atoms with E-state index < -0.39 is 0 Å². The minimum Gasteiger partial charge on any atom is -0.322 e. The molecule has 3 aromatic rings. The van der Waals surface area contributed by atoms with E-state index in [4.69, 9.17) is 0 Å². The zero-order chi connectivity index (χ0) is 16.8. The minimum absolute atomic E-state index is 0.168. The van der Waals surface area contributed by atoms with Gasteiger partial charge < -0.3 is 5.32 Å². The fraction of sp³-hybridized carbons (Fsp3) is 0. The highest BCUT2D eigenvalue weighted by Crippen LogP contribution is 2.28. The van der Waals surface area contributed by atoms with E-state index in [9.17, 15) is 9.18 Å². The van der Waals surface area contributed by atoms with Crippen molar-refractivity contribution >= 4 is 40.3 Å². The molecular weight excluding hydrogens is 341 g/mol. The smallest absolute Gasteiger partial charge is 0.257 e. The van der Waals surface area contributed by atoms with Gasteiger partial charge in [0, 0.05) is 15.5 Å². The van der Waals surface area contributed by atoms with Gasteiger partial charge in [-0.05, 0) is 53.3 Å². The number of halogens is 1. The van der Waals surface area contributed by atoms with Crippen LogP contribution < -0.4 is 5.32 Å². The molecule has 0 spiro atoms. The third-order valence-corrected chi connectivity index (χ3v) is 4.99. The molecule has 2 aromatic carbocycles. The number of rotatable bonds is 5. The summed E-state index contributed by atoms with van der Waals surface area (Å²) in [4.78, 5) is 14.4. The quantitative estimate of drug-likeness (QED) is 0.473. The van der Waals surface area contributed by atoms with Crippen molar-refractivity contribution in [3.63, 3.8) is 0 Å². The Bertz CT molecular complexity index is 828. The average molecular weight is 355 g/mol. The number of thioether (sulfide) groups is 1. The van der Waals surface area contributed by atoms with Crippen LogP contribution >= 0.6 is 23.1 Å². The number of nitrogens with one attached hydrogen (secondary N) is 1. The van der Waals surface area contributed by atoms with Gasteiger partial charge in [0.25, 0.3) is 5.91 Å². The topological polar surface area (TPSA) is 29.1 Å². The van der Waals surface area contributed by atoms with Gasteiger partial charge in [0.05, 0.1) is 5.57 Å². The summed E-state index contributed by atoms with van der Waals surface area (Å²) in [6, 6.07) is 19.4. The van der Waals surface area contributed by atoms with E-state index in [0.29, 0.717) is 5.57 Å². The molecule has 0 radical (unpaired) electrons. The number of carbonyl (C=O) groups excluding carboxylic acids is 1. The highest BCUT2D eigenvalue weighted by Gasteiger charge is 2.13. The van der Waals surface area contributed by atoms with E-state index in [0.717, 1.165) is 15.5 Å². The van der Waals surface area contributed by atoms with Gasteiger partial charge in [-0.3, -0.25) is 4.79 Å². The first-order valence-corrected chi connectivity index (χ1v) is 9.01. The third kappa shape index (κ3) is 4.34. The van der Waals surface area contributed by atoms with Gasteiger partial charge in [0.15, 0.2) is 0 Å². The van der Waals surface area contributed by atoms with Crippen LogP contribution in [0.2, 0.25) is 0 Å². The molecule has 0 aliphatic rings. The minimum atomic E-state index is -0.274. The molecule has 1 heterocycles. The molecule has 0 aliphatic heterocycles. The van der Waals surface area contributed by atoms with E-state index >= 15 is 0 Å². The predicted molar refractivity (Wildman–Crippen MR) is 99.6 cm³/mol. The van der Waals surface area contributed by atoms with Crippen molar-refractivity contribution < 1.29 is 9.18 Å². The van der Waals surface area contributed by atoms with Crippen LogP contribution in [-0.4, -0.2) is 5.91 Å². The molecule has 1 amide bonds. The Labute approximate surface area is 148 Å². The number of para-hydroxylation sites is 1. The second-order valence-electron chi connectivity index (χ2n) is 4.90. The summed E-state index contributed by atoms with van der Waals surface area (Å²) in [5.41, 5.74) is 1.33. The molecular formula is C19H14FNOS2. The molecule has 0 fully saturated rings. The molecule has 24 heavy (non-hydrogen) atoms. The molecule has 0 saturated carbocycles. The summed E-state index contributed by atoms with van der Waals surface area (Å²) in [5.74, 6) is -0.443. The van der Waals surface area contributed by atoms with Crippen LogP contribution in [0.3, 0.4) is 0 Å². The van der Waals surface area contributed by atoms with Gasteiger partial charge in [-0.25, -0.2) is 4.39 Å². The lowest BCUT2D eigenvalue weighted by atomic mass is 10.2. The molecule has 0 aliphatic carbocycles. The molecule has 5 heteroatoms. The standard InChI is InChI=1S/C19H14FNOS2/c20-14-8-10-16(11-9-14)24-13-17(18-7-4-12-23-18)19(22)21-15-5-2-1-3-6-15/h1-13H,(H,21,22)/b17-13+. The zero-order valence-corrected chi connectivity index (χ0v) is 14.2. The van der Waals surface area contributed by atoms with E-state index in [1.54, 1.807) is 17.5 Å². The molecule has 0 saturated heterocycles. The van der Waals surface area contributed by atoms with Crippen molar-refractivity contribution in [1.82, 2.24) is 0 Å². The Kier molecular flexibility index (Phi) is 5.46. The summed E-state index contributed by atoms with van der Waals surface area (Å²) >= 11 is 2.90. The van der Waals surface area contributed by atoms with Crippen LogP contribution in [0.4, 0.5) is 10.1 Å². The van der Waals surface area contributed by atoms with Crippen LogP contribution in [0.15, 0.2) is 82.4 Å². The maximum absolute atomic E-state index is 13.0. The van der Waals surface area contributed by atoms with Crippen LogP contribution in [0.5, 0.6) is 0 Å². The van der Waals surface area contributed by atoms with E-state index in [1.165, 1.54) is 35.2 Å². The fourth-order valence-electron chi connectivity index (χ4n) is 2.02. The van der Waals surface area contributed by atoms with Crippen LogP contribution in [0.1, 0.15) is 4.88 Å². The van der Waals surface area contributed by atoms with Gasteiger partial charge in [-0.1, -0.05) is 36.0 Å². The lowest BCUT2D eigenvalue weighted by Crippen LogP contribution is -2.12. The highest BCUT2D eigenvalue weighted by molar-refractivity contribution is 8.02. The number of anilines is 1. The van der Waals surface area contributed by atoms with Crippen molar-refractivity contribution in [2.75, 3.05) is 5.32 Å². The fourth-order valence-corrected chi connectivity index (χ4v) is 3.61. The second-order valence-corrected chi connectivity index (χ2v) is 6.79. The summed E-state index contributed by atoms with van der Waals surface area (Å²) in [6.45, 7) is 0. The van der Waals surface area contributed by atoms with Crippen molar-refractivity contribution in [1.29, 1.82) is 0 Å². The summed E-state index contributed by atoms with van der Waals surface area (Å²) in [6.07, 6.45) is 0. The van der Waals surface area contributed by atoms with Gasteiger partial charge in [-0.2, -0.15) is 0 Å². The van der Waals surface area contributed by atoms with Crippen molar-refractivity contribution in [2.45, 2.75) is 4.90 Å². The molecule has 2 nitrogen and oxygen atoms in total. The first-order chi connectivity index (χ1) is 11.7. The van der Waals surface area contributed by atoms with Crippen molar-refractivity contribution in [3.8, 4) is 0 Å². The molecule has 0 unspecified atom stereocenters. The monoisotopic (exact) mass is 355 g/mol. The molecule has 0 bridgehead atoms. The van der Waals surface area contributed by atoms with Gasteiger partial charge in [0.1, 0.15) is 5.82 Å². The number of hydrogen-bond donors (Lipinski definition) is 1. The van der Waals surface area contributed by atoms with E-state index in [-0.39, 0.29) is 11.7 Å². The Morgan fingerprint density at radius 2 is 1.75 bits per heavy atom. The van der Waals surface area contributed by atoms with Crippen LogP contribution in [0.25, 0.3) is 5.57 Å². The maximum atomic E-state index is 13.0. The van der Waals surface area contributed by atoms with Gasteiger partial charge in [0.2, 0.25) is 0 Å². The Hall–Kier alpha value is -2.37. The molecule has 0 atom stereocenters. The Balaban J connectivity index is 1.82. The third-order valence-electron chi connectivity index (χ3n) is 3.19. The van der Waals surface area contributed by atoms with Crippen LogP contribution in [0, 0.1) is 5.82 Å². The SMILES string of the molecule is O=C(Nc1ccccc1)/C(=C/Sc1ccc(F)cc1)c1cccs1. The zero-order valence-electron chi connectivity index (χ0n) is 12.6. The number of benzene rings is 2. The molecule has 1 N–H and O–H groups in total. The second kappa shape index (κ2) is 7.95. The first-order valence-electron chi connectivity index (χ1n) is 7.25. The number of thiophene rings is 1. The first kappa shape index (κ1) is 16.5. The normalized spacial score (nSPS) is 11.3. The number of hydrogen-bond acceptors (Lipinski definition) is 3. The predicted octanol–water partition coefficient (Wildman–Crippen LogP) is 5.66.